The molecule has 3 fully saturated rings. The Bertz CT molecular complexity index is 766. The van der Waals surface area contributed by atoms with Gasteiger partial charge >= 0.3 is 0 Å². The number of anilines is 1. The minimum Gasteiger partial charge on any atom is -0.379 e. The van der Waals surface area contributed by atoms with E-state index in [0.29, 0.717) is 13.1 Å². The third kappa shape index (κ3) is 5.38. The van der Waals surface area contributed by atoms with Gasteiger partial charge < -0.3 is 19.9 Å². The van der Waals surface area contributed by atoms with Gasteiger partial charge in [-0.25, -0.2) is 0 Å². The van der Waals surface area contributed by atoms with Crippen molar-refractivity contribution in [2.75, 3.05) is 71.0 Å². The lowest BCUT2D eigenvalue weighted by Gasteiger charge is -2.43. The summed E-state index contributed by atoms with van der Waals surface area (Å²) in [7, 11) is 3.68. The van der Waals surface area contributed by atoms with Crippen molar-refractivity contribution in [3.63, 3.8) is 0 Å². The molecule has 0 unspecified atom stereocenters. The van der Waals surface area contributed by atoms with Crippen LogP contribution in [0.3, 0.4) is 0 Å². The van der Waals surface area contributed by atoms with Crippen LogP contribution in [0.4, 0.5) is 5.69 Å². The number of rotatable bonds is 5. The number of amides is 1. The van der Waals surface area contributed by atoms with Crippen molar-refractivity contribution in [1.29, 1.82) is 0 Å². The predicted molar refractivity (Wildman–Crippen MR) is 121 cm³/mol. The Kier molecular flexibility index (Phi) is 7.12. The third-order valence-electron chi connectivity index (χ3n) is 6.93. The number of aryl methyl sites for hydroxylation is 1. The number of aromatic nitrogens is 2. The molecule has 1 N–H and O–H groups in total. The first-order chi connectivity index (χ1) is 15.1. The van der Waals surface area contributed by atoms with Crippen LogP contribution in [0.5, 0.6) is 0 Å². The highest BCUT2D eigenvalue weighted by Crippen LogP contribution is 2.37. The van der Waals surface area contributed by atoms with Gasteiger partial charge in [0.1, 0.15) is 6.54 Å². The fourth-order valence-corrected chi connectivity index (χ4v) is 5.20. The minimum absolute atomic E-state index is 0.0860. The minimum atomic E-state index is 0.0860. The van der Waals surface area contributed by atoms with Gasteiger partial charge in [-0.3, -0.25) is 19.4 Å². The van der Waals surface area contributed by atoms with Crippen LogP contribution < -0.4 is 10.2 Å². The highest BCUT2D eigenvalue weighted by Gasteiger charge is 2.35. The summed E-state index contributed by atoms with van der Waals surface area (Å²) < 4.78 is 7.27. The zero-order chi connectivity index (χ0) is 21.7. The summed E-state index contributed by atoms with van der Waals surface area (Å²) in [6, 6.07) is 0. The van der Waals surface area contributed by atoms with Crippen molar-refractivity contribution < 1.29 is 9.53 Å². The van der Waals surface area contributed by atoms with Crippen molar-refractivity contribution in [1.82, 2.24) is 24.9 Å². The van der Waals surface area contributed by atoms with Crippen LogP contribution in [0.2, 0.25) is 0 Å². The molecule has 31 heavy (non-hydrogen) atoms. The average Bonchev–Trinajstić information content (AvgIpc) is 3.21. The number of carbonyl (C=O) groups excluding carboxylic acids is 1. The Labute approximate surface area is 185 Å². The zero-order valence-corrected chi connectivity index (χ0v) is 19.1. The second-order valence-corrected chi connectivity index (χ2v) is 9.19. The number of piperazine rings is 1. The molecule has 172 valence electrons. The van der Waals surface area contributed by atoms with E-state index >= 15 is 0 Å². The fourth-order valence-electron chi connectivity index (χ4n) is 5.20. The van der Waals surface area contributed by atoms with Crippen LogP contribution >= 0.6 is 0 Å². The molecular weight excluding hydrogens is 394 g/mol. The predicted octanol–water partition coefficient (Wildman–Crippen LogP) is 0.927. The van der Waals surface area contributed by atoms with Gasteiger partial charge in [0.2, 0.25) is 5.91 Å². The Hall–Kier alpha value is -2.13. The van der Waals surface area contributed by atoms with E-state index in [9.17, 15) is 4.79 Å². The van der Waals surface area contributed by atoms with Gasteiger partial charge in [0, 0.05) is 65.0 Å². The van der Waals surface area contributed by atoms with Crippen LogP contribution in [0, 0.1) is 5.41 Å². The van der Waals surface area contributed by atoms with E-state index in [0.717, 1.165) is 57.6 Å². The van der Waals surface area contributed by atoms with E-state index in [1.807, 2.05) is 25.2 Å². The maximum absolute atomic E-state index is 12.8. The molecule has 0 atom stereocenters. The Balaban J connectivity index is 1.36. The van der Waals surface area contributed by atoms with Crippen molar-refractivity contribution in [3.8, 4) is 0 Å². The van der Waals surface area contributed by atoms with E-state index < -0.39 is 0 Å². The Morgan fingerprint density at radius 1 is 1.19 bits per heavy atom. The van der Waals surface area contributed by atoms with Gasteiger partial charge in [-0.1, -0.05) is 19.3 Å². The Morgan fingerprint density at radius 2 is 1.97 bits per heavy atom. The highest BCUT2D eigenvalue weighted by atomic mass is 16.5. The largest absolute Gasteiger partial charge is 0.379 e. The van der Waals surface area contributed by atoms with Crippen LogP contribution in [0.1, 0.15) is 32.1 Å². The van der Waals surface area contributed by atoms with E-state index in [-0.39, 0.29) is 11.3 Å². The summed E-state index contributed by atoms with van der Waals surface area (Å²) in [5, 5.41) is 7.84. The summed E-state index contributed by atoms with van der Waals surface area (Å²) in [5.74, 6) is 0.925. The number of carbonyl (C=O) groups is 1. The molecule has 3 heterocycles. The lowest BCUT2D eigenvalue weighted by Crippen LogP contribution is -2.57. The number of aliphatic imine (C=N–C) groups is 1. The number of guanidine groups is 1. The standard InChI is InChI=1S/C22H37N7O2/c1-23-21(28-8-9-29(20(30)16-28)19-14-25-26(2)15-19)24-17-22(6-4-3-5-7-22)18-27-10-12-31-13-11-27/h14-15H,3-13,16-18H2,1-2H3,(H,23,24). The second-order valence-electron chi connectivity index (χ2n) is 9.19. The first-order valence-electron chi connectivity index (χ1n) is 11.6. The average molecular weight is 432 g/mol. The van der Waals surface area contributed by atoms with Crippen LogP contribution in [-0.2, 0) is 16.6 Å². The molecule has 9 nitrogen and oxygen atoms in total. The molecule has 2 saturated heterocycles. The molecule has 4 rings (SSSR count). The summed E-state index contributed by atoms with van der Waals surface area (Å²) in [6.07, 6.45) is 10.1. The van der Waals surface area contributed by atoms with Crippen molar-refractivity contribution in [3.05, 3.63) is 12.4 Å². The van der Waals surface area contributed by atoms with Crippen LogP contribution in [0.15, 0.2) is 17.4 Å². The maximum atomic E-state index is 12.8. The molecule has 0 bridgehead atoms. The number of ether oxygens (including phenoxy) is 1. The molecule has 2 aliphatic heterocycles. The van der Waals surface area contributed by atoms with Crippen molar-refractivity contribution in [2.24, 2.45) is 17.5 Å². The van der Waals surface area contributed by atoms with E-state index in [1.54, 1.807) is 10.9 Å². The first-order valence-corrected chi connectivity index (χ1v) is 11.6. The summed E-state index contributed by atoms with van der Waals surface area (Å²) in [5.41, 5.74) is 1.13. The third-order valence-corrected chi connectivity index (χ3v) is 6.93. The number of nitrogens with one attached hydrogen (secondary N) is 1. The van der Waals surface area contributed by atoms with E-state index in [2.05, 4.69) is 25.2 Å². The van der Waals surface area contributed by atoms with Gasteiger partial charge in [-0.2, -0.15) is 5.10 Å². The molecule has 9 heteroatoms. The van der Waals surface area contributed by atoms with Crippen LogP contribution in [-0.4, -0.2) is 97.5 Å². The number of hydrogen-bond donors (Lipinski definition) is 1. The summed E-state index contributed by atoms with van der Waals surface area (Å²) >= 11 is 0. The molecule has 1 aliphatic carbocycles. The normalized spacial score (nSPS) is 23.3. The van der Waals surface area contributed by atoms with Crippen molar-refractivity contribution >= 4 is 17.6 Å². The van der Waals surface area contributed by atoms with Crippen molar-refractivity contribution in [2.45, 2.75) is 32.1 Å². The SMILES string of the molecule is CN=C(NCC1(CN2CCOCC2)CCCCC1)N1CCN(c2cnn(C)c2)C(=O)C1. The lowest BCUT2D eigenvalue weighted by atomic mass is 9.73. The van der Waals surface area contributed by atoms with Gasteiger partial charge in [0.15, 0.2) is 5.96 Å². The monoisotopic (exact) mass is 431 g/mol. The highest BCUT2D eigenvalue weighted by molar-refractivity contribution is 5.98. The molecule has 1 aromatic heterocycles. The smallest absolute Gasteiger partial charge is 0.246 e. The first kappa shape index (κ1) is 22.1. The molecule has 1 aromatic rings. The van der Waals surface area contributed by atoms with Gasteiger partial charge in [-0.15, -0.1) is 0 Å². The molecule has 1 saturated carbocycles. The van der Waals surface area contributed by atoms with E-state index in [1.165, 1.54) is 32.1 Å². The second kappa shape index (κ2) is 9.99. The lowest BCUT2D eigenvalue weighted by molar-refractivity contribution is -0.120. The number of nitrogens with zero attached hydrogens (tertiary/aromatic N) is 6. The number of morpholine rings is 1. The van der Waals surface area contributed by atoms with Gasteiger partial charge in [0.05, 0.1) is 25.1 Å². The number of hydrogen-bond acceptors (Lipinski definition) is 5. The van der Waals surface area contributed by atoms with E-state index in [4.69, 9.17) is 4.74 Å². The fraction of sp³-hybridized carbons (Fsp3) is 0.773. The zero-order valence-electron chi connectivity index (χ0n) is 19.1. The summed E-state index contributed by atoms with van der Waals surface area (Å²) in [6.45, 7) is 7.51. The molecule has 3 aliphatic rings. The molecule has 0 aromatic carbocycles. The van der Waals surface area contributed by atoms with Crippen LogP contribution in [0.25, 0.3) is 0 Å². The van der Waals surface area contributed by atoms with Gasteiger partial charge in [-0.05, 0) is 12.8 Å². The molecule has 0 radical (unpaired) electrons. The topological polar surface area (TPSA) is 78.2 Å². The molecular formula is C22H37N7O2. The molecule has 1 amide bonds. The quantitative estimate of drug-likeness (QED) is 0.552. The summed E-state index contributed by atoms with van der Waals surface area (Å²) in [4.78, 5) is 23.8. The van der Waals surface area contributed by atoms with Gasteiger partial charge in [0.25, 0.3) is 0 Å². The maximum Gasteiger partial charge on any atom is 0.246 e. The molecule has 0 spiro atoms. The Morgan fingerprint density at radius 3 is 2.61 bits per heavy atom.